The summed E-state index contributed by atoms with van der Waals surface area (Å²) in [5.74, 6) is -1.06. The molecule has 1 aromatic rings. The van der Waals surface area contributed by atoms with Crippen molar-refractivity contribution in [2.24, 2.45) is 5.92 Å². The van der Waals surface area contributed by atoms with E-state index in [-0.39, 0.29) is 30.8 Å². The van der Waals surface area contributed by atoms with E-state index in [0.717, 1.165) is 23.3 Å². The van der Waals surface area contributed by atoms with Gasteiger partial charge in [0, 0.05) is 24.5 Å². The number of thiophene rings is 1. The third kappa shape index (κ3) is 8.28. The fraction of sp³-hybridized carbons (Fsp3) is 0.652. The molecular formula is C23H36N4O6S. The number of rotatable bonds is 8. The second-order valence-electron chi connectivity index (χ2n) is 9.32. The Balaban J connectivity index is 1.81. The second-order valence-corrected chi connectivity index (χ2v) is 10.5. The van der Waals surface area contributed by atoms with E-state index < -0.39 is 17.7 Å². The third-order valence-corrected chi connectivity index (χ3v) is 6.49. The fourth-order valence-corrected chi connectivity index (χ4v) is 4.72. The van der Waals surface area contributed by atoms with Crippen LogP contribution in [0, 0.1) is 19.8 Å². The van der Waals surface area contributed by atoms with Gasteiger partial charge < -0.3 is 25.4 Å². The molecule has 3 amide bonds. The summed E-state index contributed by atoms with van der Waals surface area (Å²) >= 11 is 1.34. The number of carbonyl (C=O) groups is 4. The zero-order chi connectivity index (χ0) is 25.5. The number of nitrogens with zero attached hydrogens (tertiary/aromatic N) is 1. The summed E-state index contributed by atoms with van der Waals surface area (Å²) in [6, 6.07) is 0. The Kier molecular flexibility index (Phi) is 9.87. The highest BCUT2D eigenvalue weighted by Gasteiger charge is 2.28. The van der Waals surface area contributed by atoms with Gasteiger partial charge in [-0.05, 0) is 59.6 Å². The summed E-state index contributed by atoms with van der Waals surface area (Å²) in [5, 5.41) is 8.75. The molecule has 1 fully saturated rings. The Bertz CT molecular complexity index is 908. The van der Waals surface area contributed by atoms with Crippen LogP contribution in [0.15, 0.2) is 0 Å². The Morgan fingerprint density at radius 3 is 2.44 bits per heavy atom. The molecule has 0 aliphatic carbocycles. The minimum absolute atomic E-state index is 0.103. The number of carbonyl (C=O) groups excluding carboxylic acids is 4. The summed E-state index contributed by atoms with van der Waals surface area (Å²) in [6.45, 7) is 10.9. The lowest BCUT2D eigenvalue weighted by molar-refractivity contribution is -0.127. The minimum atomic E-state index is -0.576. The van der Waals surface area contributed by atoms with E-state index in [9.17, 15) is 19.2 Å². The van der Waals surface area contributed by atoms with Crippen molar-refractivity contribution in [3.8, 4) is 0 Å². The number of ether oxygens (including phenoxy) is 2. The van der Waals surface area contributed by atoms with E-state index in [4.69, 9.17) is 9.47 Å². The summed E-state index contributed by atoms with van der Waals surface area (Å²) in [7, 11) is 1.31. The molecule has 1 aliphatic rings. The molecule has 1 aliphatic heterocycles. The molecule has 1 unspecified atom stereocenters. The SMILES string of the molecule is COC(=O)c1c(NC(=O)CN2CCCC(C(=O)NCCNC(=O)OC(C)(C)C)C2)sc(C)c1C. The monoisotopic (exact) mass is 496 g/mol. The summed E-state index contributed by atoms with van der Waals surface area (Å²) in [5.41, 5.74) is 0.602. The molecule has 1 saturated heterocycles. The fourth-order valence-electron chi connectivity index (χ4n) is 3.65. The molecule has 2 rings (SSSR count). The second kappa shape index (κ2) is 12.2. The van der Waals surface area contributed by atoms with Crippen molar-refractivity contribution in [1.82, 2.24) is 15.5 Å². The first-order chi connectivity index (χ1) is 15.9. The molecule has 0 saturated carbocycles. The average Bonchev–Trinajstić information content (AvgIpc) is 3.02. The number of nitrogens with one attached hydrogen (secondary N) is 3. The van der Waals surface area contributed by atoms with Crippen LogP contribution >= 0.6 is 11.3 Å². The topological polar surface area (TPSA) is 126 Å². The van der Waals surface area contributed by atoms with E-state index >= 15 is 0 Å². The van der Waals surface area contributed by atoms with Crippen molar-refractivity contribution in [3.63, 3.8) is 0 Å². The van der Waals surface area contributed by atoms with Gasteiger partial charge >= 0.3 is 12.1 Å². The average molecular weight is 497 g/mol. The first-order valence-corrected chi connectivity index (χ1v) is 12.2. The first-order valence-electron chi connectivity index (χ1n) is 11.4. The number of likely N-dealkylation sites (tertiary alicyclic amines) is 1. The van der Waals surface area contributed by atoms with Gasteiger partial charge in [-0.2, -0.15) is 0 Å². The van der Waals surface area contributed by atoms with Crippen LogP contribution in [0.1, 0.15) is 54.4 Å². The summed E-state index contributed by atoms with van der Waals surface area (Å²) in [4.78, 5) is 51.9. The van der Waals surface area contributed by atoms with Gasteiger partial charge in [0.15, 0.2) is 0 Å². The number of aryl methyl sites for hydroxylation is 1. The highest BCUT2D eigenvalue weighted by molar-refractivity contribution is 7.16. The number of methoxy groups -OCH3 is 1. The molecule has 0 radical (unpaired) electrons. The number of hydrogen-bond acceptors (Lipinski definition) is 8. The van der Waals surface area contributed by atoms with Crippen LogP contribution in [-0.2, 0) is 19.1 Å². The Morgan fingerprint density at radius 2 is 1.79 bits per heavy atom. The molecule has 0 bridgehead atoms. The lowest BCUT2D eigenvalue weighted by atomic mass is 9.97. The standard InChI is InChI=1S/C23H36N4O6S/c1-14-15(2)34-20(18(14)21(30)32-6)26-17(28)13-27-11-7-8-16(12-27)19(29)24-9-10-25-22(31)33-23(3,4)5/h16H,7-13H2,1-6H3,(H,24,29)(H,25,31)(H,26,28). The van der Waals surface area contributed by atoms with Gasteiger partial charge in [0.1, 0.15) is 10.6 Å². The molecular weight excluding hydrogens is 460 g/mol. The van der Waals surface area contributed by atoms with E-state index in [1.54, 1.807) is 20.8 Å². The maximum absolute atomic E-state index is 12.7. The quantitative estimate of drug-likeness (QED) is 0.373. The number of anilines is 1. The predicted octanol–water partition coefficient (Wildman–Crippen LogP) is 2.44. The normalized spacial score (nSPS) is 16.5. The van der Waals surface area contributed by atoms with Crippen molar-refractivity contribution in [2.75, 3.05) is 45.2 Å². The lowest BCUT2D eigenvalue weighted by Crippen LogP contribution is -2.46. The summed E-state index contributed by atoms with van der Waals surface area (Å²) < 4.78 is 10.0. The van der Waals surface area contributed by atoms with Gasteiger partial charge in [-0.1, -0.05) is 0 Å². The molecule has 3 N–H and O–H groups in total. The largest absolute Gasteiger partial charge is 0.465 e. The van der Waals surface area contributed by atoms with Crippen molar-refractivity contribution in [2.45, 2.75) is 53.1 Å². The van der Waals surface area contributed by atoms with Crippen molar-refractivity contribution < 1.29 is 28.7 Å². The van der Waals surface area contributed by atoms with Gasteiger partial charge in [-0.25, -0.2) is 9.59 Å². The van der Waals surface area contributed by atoms with Crippen LogP contribution in [0.25, 0.3) is 0 Å². The molecule has 2 heterocycles. The third-order valence-electron chi connectivity index (χ3n) is 5.36. The maximum atomic E-state index is 12.7. The number of amides is 3. The van der Waals surface area contributed by atoms with Crippen LogP contribution in [-0.4, -0.2) is 74.2 Å². The molecule has 0 aromatic carbocycles. The highest BCUT2D eigenvalue weighted by atomic mass is 32.1. The van der Waals surface area contributed by atoms with E-state index in [1.165, 1.54) is 18.4 Å². The van der Waals surface area contributed by atoms with Crippen LogP contribution in [0.5, 0.6) is 0 Å². The number of piperidine rings is 1. The molecule has 11 heteroatoms. The highest BCUT2D eigenvalue weighted by Crippen LogP contribution is 2.33. The first kappa shape index (κ1) is 27.6. The van der Waals surface area contributed by atoms with Gasteiger partial charge in [0.05, 0.1) is 25.1 Å². The molecule has 34 heavy (non-hydrogen) atoms. The Labute approximate surface area is 204 Å². The van der Waals surface area contributed by atoms with Crippen LogP contribution in [0.4, 0.5) is 9.80 Å². The van der Waals surface area contributed by atoms with Crippen molar-refractivity contribution >= 4 is 40.2 Å². The summed E-state index contributed by atoms with van der Waals surface area (Å²) in [6.07, 6.45) is 1.01. The lowest BCUT2D eigenvalue weighted by Gasteiger charge is -2.31. The zero-order valence-electron chi connectivity index (χ0n) is 20.8. The minimum Gasteiger partial charge on any atom is -0.465 e. The van der Waals surface area contributed by atoms with Gasteiger partial charge in [-0.15, -0.1) is 11.3 Å². The molecule has 10 nitrogen and oxygen atoms in total. The van der Waals surface area contributed by atoms with Gasteiger partial charge in [0.2, 0.25) is 11.8 Å². The number of alkyl carbamates (subject to hydrolysis) is 1. The predicted molar refractivity (Wildman–Crippen MR) is 130 cm³/mol. The zero-order valence-corrected chi connectivity index (χ0v) is 21.6. The van der Waals surface area contributed by atoms with Crippen LogP contribution in [0.2, 0.25) is 0 Å². The van der Waals surface area contributed by atoms with Crippen LogP contribution in [0.3, 0.4) is 0 Å². The van der Waals surface area contributed by atoms with E-state index in [0.29, 0.717) is 30.2 Å². The van der Waals surface area contributed by atoms with Crippen LogP contribution < -0.4 is 16.0 Å². The smallest absolute Gasteiger partial charge is 0.407 e. The molecule has 190 valence electrons. The Morgan fingerprint density at radius 1 is 1.12 bits per heavy atom. The van der Waals surface area contributed by atoms with Gasteiger partial charge in [-0.3, -0.25) is 14.5 Å². The molecule has 1 aromatic heterocycles. The number of hydrogen-bond donors (Lipinski definition) is 3. The van der Waals surface area contributed by atoms with Crippen molar-refractivity contribution in [3.05, 3.63) is 16.0 Å². The molecule has 0 spiro atoms. The van der Waals surface area contributed by atoms with Crippen molar-refractivity contribution in [1.29, 1.82) is 0 Å². The van der Waals surface area contributed by atoms with E-state index in [1.807, 2.05) is 18.7 Å². The molecule has 1 atom stereocenters. The Hall–Kier alpha value is -2.66. The maximum Gasteiger partial charge on any atom is 0.407 e. The number of esters is 1. The van der Waals surface area contributed by atoms with E-state index in [2.05, 4.69) is 16.0 Å². The van der Waals surface area contributed by atoms with Gasteiger partial charge in [0.25, 0.3) is 0 Å².